The first-order valence-electron chi connectivity index (χ1n) is 8.47. The highest BCUT2D eigenvalue weighted by Gasteiger charge is 2.21. The zero-order valence-corrected chi connectivity index (χ0v) is 16.3. The maximum absolute atomic E-state index is 12.5. The molecule has 1 aromatic heterocycles. The van der Waals surface area contributed by atoms with E-state index in [1.54, 1.807) is 6.08 Å². The van der Waals surface area contributed by atoms with Gasteiger partial charge in [0.2, 0.25) is 5.91 Å². The lowest BCUT2D eigenvalue weighted by molar-refractivity contribution is -0.129. The summed E-state index contributed by atoms with van der Waals surface area (Å²) in [6.07, 6.45) is 1.80. The first-order valence-corrected chi connectivity index (χ1v) is 9.84. The average molecular weight is 392 g/mol. The number of hydrogen-bond donors (Lipinski definition) is 0. The zero-order valence-electron chi connectivity index (χ0n) is 14.8. The van der Waals surface area contributed by atoms with Gasteiger partial charge in [0.25, 0.3) is 0 Å². The molecule has 1 aliphatic heterocycles. The van der Waals surface area contributed by atoms with Crippen LogP contribution in [-0.4, -0.2) is 69.5 Å². The van der Waals surface area contributed by atoms with Gasteiger partial charge in [-0.3, -0.25) is 9.36 Å². The molecule has 1 aliphatic rings. The number of rotatable bonds is 6. The van der Waals surface area contributed by atoms with Crippen molar-refractivity contribution in [1.82, 2.24) is 24.6 Å². The van der Waals surface area contributed by atoms with Crippen LogP contribution < -0.4 is 0 Å². The number of amides is 1. The fourth-order valence-electron chi connectivity index (χ4n) is 2.78. The summed E-state index contributed by atoms with van der Waals surface area (Å²) in [7, 11) is 2.08. The van der Waals surface area contributed by atoms with Crippen LogP contribution in [0.1, 0.15) is 0 Å². The minimum Gasteiger partial charge on any atom is -0.339 e. The van der Waals surface area contributed by atoms with Gasteiger partial charge in [0.1, 0.15) is 0 Å². The number of thioether (sulfide) groups is 1. The number of halogens is 1. The maximum atomic E-state index is 12.5. The van der Waals surface area contributed by atoms with Gasteiger partial charge in [-0.05, 0) is 31.3 Å². The molecule has 2 aromatic rings. The Bertz CT molecular complexity index is 768. The molecule has 1 fully saturated rings. The van der Waals surface area contributed by atoms with E-state index >= 15 is 0 Å². The van der Waals surface area contributed by atoms with Crippen molar-refractivity contribution in [3.63, 3.8) is 0 Å². The van der Waals surface area contributed by atoms with Gasteiger partial charge >= 0.3 is 0 Å². The van der Waals surface area contributed by atoms with E-state index in [2.05, 4.69) is 28.7 Å². The molecule has 0 atom stereocenters. The maximum Gasteiger partial charge on any atom is 0.233 e. The molecule has 1 saturated heterocycles. The molecule has 1 aromatic carbocycles. The monoisotopic (exact) mass is 391 g/mol. The number of aromatic nitrogens is 3. The van der Waals surface area contributed by atoms with Gasteiger partial charge in [-0.2, -0.15) is 0 Å². The minimum atomic E-state index is 0.143. The molecule has 26 heavy (non-hydrogen) atoms. The molecule has 2 heterocycles. The molecular formula is C18H22ClN5OS. The summed E-state index contributed by atoms with van der Waals surface area (Å²) in [5, 5.41) is 9.98. The molecule has 0 saturated carbocycles. The number of likely N-dealkylation sites (N-methyl/N-ethyl adjacent to an activating group) is 1. The molecule has 0 aliphatic carbocycles. The third-order valence-electron chi connectivity index (χ3n) is 4.31. The Balaban J connectivity index is 1.70. The number of benzene rings is 1. The number of nitrogens with zero attached hydrogens (tertiary/aromatic N) is 5. The molecule has 3 rings (SSSR count). The summed E-state index contributed by atoms with van der Waals surface area (Å²) in [6.45, 7) is 7.80. The Labute approximate surface area is 162 Å². The van der Waals surface area contributed by atoms with Crippen molar-refractivity contribution >= 4 is 29.3 Å². The van der Waals surface area contributed by atoms with E-state index in [9.17, 15) is 4.79 Å². The van der Waals surface area contributed by atoms with E-state index in [0.717, 1.165) is 42.7 Å². The van der Waals surface area contributed by atoms with Gasteiger partial charge in [-0.25, -0.2) is 0 Å². The summed E-state index contributed by atoms with van der Waals surface area (Å²) in [5.74, 6) is 1.25. The molecule has 138 valence electrons. The minimum absolute atomic E-state index is 0.143. The smallest absolute Gasteiger partial charge is 0.233 e. The quantitative estimate of drug-likeness (QED) is 0.559. The van der Waals surface area contributed by atoms with E-state index in [0.29, 0.717) is 17.3 Å². The van der Waals surface area contributed by atoms with Crippen LogP contribution in [0.2, 0.25) is 5.02 Å². The Morgan fingerprint density at radius 2 is 1.92 bits per heavy atom. The van der Waals surface area contributed by atoms with Crippen molar-refractivity contribution in [2.45, 2.75) is 11.7 Å². The SMILES string of the molecule is C=CCn1c(SCC(=O)N2CCN(C)CC2)nnc1-c1ccc(Cl)cc1. The molecule has 6 nitrogen and oxygen atoms in total. The van der Waals surface area contributed by atoms with Crippen molar-refractivity contribution in [3.8, 4) is 11.4 Å². The molecular weight excluding hydrogens is 370 g/mol. The summed E-state index contributed by atoms with van der Waals surface area (Å²) < 4.78 is 1.97. The summed E-state index contributed by atoms with van der Waals surface area (Å²) in [6, 6.07) is 7.48. The number of carbonyl (C=O) groups excluding carboxylic acids is 1. The Morgan fingerprint density at radius 1 is 1.23 bits per heavy atom. The molecule has 0 radical (unpaired) electrons. The second-order valence-corrected chi connectivity index (χ2v) is 7.56. The van der Waals surface area contributed by atoms with Crippen LogP contribution in [0.15, 0.2) is 42.1 Å². The summed E-state index contributed by atoms with van der Waals surface area (Å²) >= 11 is 7.38. The lowest BCUT2D eigenvalue weighted by atomic mass is 10.2. The van der Waals surface area contributed by atoms with Gasteiger partial charge in [0.15, 0.2) is 11.0 Å². The highest BCUT2D eigenvalue weighted by atomic mass is 35.5. The van der Waals surface area contributed by atoms with Crippen LogP contribution in [0.25, 0.3) is 11.4 Å². The lowest BCUT2D eigenvalue weighted by Crippen LogP contribution is -2.47. The van der Waals surface area contributed by atoms with Gasteiger partial charge in [0.05, 0.1) is 5.75 Å². The fourth-order valence-corrected chi connectivity index (χ4v) is 3.75. The first kappa shape index (κ1) is 18.9. The zero-order chi connectivity index (χ0) is 18.5. The van der Waals surface area contributed by atoms with Crippen LogP contribution in [-0.2, 0) is 11.3 Å². The van der Waals surface area contributed by atoms with Crippen LogP contribution in [0, 0.1) is 0 Å². The molecule has 0 unspecified atom stereocenters. The van der Waals surface area contributed by atoms with Crippen molar-refractivity contribution in [2.24, 2.45) is 0 Å². The third kappa shape index (κ3) is 4.47. The van der Waals surface area contributed by atoms with Crippen LogP contribution in [0.5, 0.6) is 0 Å². The van der Waals surface area contributed by atoms with E-state index < -0.39 is 0 Å². The van der Waals surface area contributed by atoms with E-state index in [-0.39, 0.29) is 5.91 Å². The normalized spacial score (nSPS) is 15.2. The topological polar surface area (TPSA) is 54.3 Å². The fraction of sp³-hybridized carbons (Fsp3) is 0.389. The molecule has 8 heteroatoms. The molecule has 0 bridgehead atoms. The number of carbonyl (C=O) groups is 1. The highest BCUT2D eigenvalue weighted by molar-refractivity contribution is 7.99. The number of hydrogen-bond acceptors (Lipinski definition) is 5. The average Bonchev–Trinajstić information content (AvgIpc) is 3.04. The third-order valence-corrected chi connectivity index (χ3v) is 5.52. The van der Waals surface area contributed by atoms with Crippen LogP contribution in [0.3, 0.4) is 0 Å². The van der Waals surface area contributed by atoms with Gasteiger partial charge < -0.3 is 9.80 Å². The van der Waals surface area contributed by atoms with Crippen LogP contribution >= 0.6 is 23.4 Å². The lowest BCUT2D eigenvalue weighted by Gasteiger charge is -2.32. The standard InChI is InChI=1S/C18H22ClN5OS/c1-3-8-24-17(14-4-6-15(19)7-5-14)20-21-18(24)26-13-16(25)23-11-9-22(2)10-12-23/h3-7H,1,8-13H2,2H3. The Kier molecular flexibility index (Phi) is 6.34. The first-order chi connectivity index (χ1) is 12.6. The van der Waals surface area contributed by atoms with Gasteiger partial charge in [-0.15, -0.1) is 16.8 Å². The highest BCUT2D eigenvalue weighted by Crippen LogP contribution is 2.25. The van der Waals surface area contributed by atoms with Crippen molar-refractivity contribution in [3.05, 3.63) is 41.9 Å². The van der Waals surface area contributed by atoms with E-state index in [4.69, 9.17) is 11.6 Å². The Morgan fingerprint density at radius 3 is 2.58 bits per heavy atom. The van der Waals surface area contributed by atoms with Gasteiger partial charge in [-0.1, -0.05) is 29.4 Å². The molecule has 0 N–H and O–H groups in total. The predicted octanol–water partition coefficient (Wildman–Crippen LogP) is 2.65. The Hall–Kier alpha value is -1.83. The van der Waals surface area contributed by atoms with Crippen LogP contribution in [0.4, 0.5) is 0 Å². The van der Waals surface area contributed by atoms with Crippen molar-refractivity contribution < 1.29 is 4.79 Å². The summed E-state index contributed by atoms with van der Waals surface area (Å²) in [5.41, 5.74) is 0.931. The summed E-state index contributed by atoms with van der Waals surface area (Å²) in [4.78, 5) is 16.6. The number of piperazine rings is 1. The van der Waals surface area contributed by atoms with Crippen molar-refractivity contribution in [1.29, 1.82) is 0 Å². The van der Waals surface area contributed by atoms with E-state index in [1.165, 1.54) is 11.8 Å². The molecule has 1 amide bonds. The predicted molar refractivity (Wildman–Crippen MR) is 105 cm³/mol. The van der Waals surface area contributed by atoms with Crippen molar-refractivity contribution in [2.75, 3.05) is 39.0 Å². The number of allylic oxidation sites excluding steroid dienone is 1. The van der Waals surface area contributed by atoms with E-state index in [1.807, 2.05) is 33.7 Å². The second kappa shape index (κ2) is 8.70. The largest absolute Gasteiger partial charge is 0.339 e. The second-order valence-electron chi connectivity index (χ2n) is 6.19. The van der Waals surface area contributed by atoms with Gasteiger partial charge in [0, 0.05) is 43.3 Å². The molecule has 0 spiro atoms.